The molecule has 2 aromatic carbocycles. The predicted octanol–water partition coefficient (Wildman–Crippen LogP) is 5.11. The Bertz CT molecular complexity index is 584. The van der Waals surface area contributed by atoms with Crippen molar-refractivity contribution in [3.8, 4) is 5.75 Å². The summed E-state index contributed by atoms with van der Waals surface area (Å²) in [5.41, 5.74) is 2.64. The van der Waals surface area contributed by atoms with E-state index in [9.17, 15) is 4.39 Å². The minimum absolute atomic E-state index is 0.249. The van der Waals surface area contributed by atoms with Crippen LogP contribution in [0.5, 0.6) is 5.75 Å². The average molecular weight is 299 g/mol. The molecule has 2 rings (SSSR count). The Labute approximate surface area is 121 Å². The van der Waals surface area contributed by atoms with Crippen LogP contribution in [0.15, 0.2) is 36.4 Å². The van der Waals surface area contributed by atoms with Gasteiger partial charge in [0.25, 0.3) is 0 Å². The van der Waals surface area contributed by atoms with E-state index in [4.69, 9.17) is 27.9 Å². The van der Waals surface area contributed by atoms with E-state index in [1.807, 2.05) is 25.1 Å². The highest BCUT2D eigenvalue weighted by molar-refractivity contribution is 6.31. The van der Waals surface area contributed by atoms with E-state index in [-0.39, 0.29) is 11.7 Å². The molecule has 0 N–H and O–H groups in total. The van der Waals surface area contributed by atoms with E-state index in [1.165, 1.54) is 12.1 Å². The monoisotopic (exact) mass is 298 g/mol. The molecule has 0 amide bonds. The molecule has 0 heterocycles. The van der Waals surface area contributed by atoms with Gasteiger partial charge in [0.15, 0.2) is 0 Å². The van der Waals surface area contributed by atoms with Crippen LogP contribution in [0.4, 0.5) is 4.39 Å². The Morgan fingerprint density at radius 1 is 1.16 bits per heavy atom. The lowest BCUT2D eigenvalue weighted by Crippen LogP contribution is -1.97. The van der Waals surface area contributed by atoms with Crippen molar-refractivity contribution in [2.75, 3.05) is 0 Å². The Morgan fingerprint density at radius 2 is 1.95 bits per heavy atom. The van der Waals surface area contributed by atoms with Gasteiger partial charge >= 0.3 is 0 Å². The summed E-state index contributed by atoms with van der Waals surface area (Å²) < 4.78 is 18.9. The third-order valence-corrected chi connectivity index (χ3v) is 3.35. The molecule has 2 aromatic rings. The summed E-state index contributed by atoms with van der Waals surface area (Å²) in [6.07, 6.45) is 0. The highest BCUT2D eigenvalue weighted by Crippen LogP contribution is 2.22. The fraction of sp³-hybridized carbons (Fsp3) is 0.200. The molecule has 1 nitrogen and oxygen atoms in total. The van der Waals surface area contributed by atoms with Gasteiger partial charge in [-0.3, -0.25) is 0 Å². The van der Waals surface area contributed by atoms with Crippen LogP contribution in [-0.4, -0.2) is 0 Å². The molecule has 0 radical (unpaired) electrons. The van der Waals surface area contributed by atoms with Crippen molar-refractivity contribution < 1.29 is 9.13 Å². The third-order valence-electron chi connectivity index (χ3n) is 2.69. The molecule has 19 heavy (non-hydrogen) atoms. The van der Waals surface area contributed by atoms with Gasteiger partial charge in [-0.05, 0) is 36.2 Å². The van der Waals surface area contributed by atoms with E-state index in [1.54, 1.807) is 6.07 Å². The fourth-order valence-corrected chi connectivity index (χ4v) is 2.16. The van der Waals surface area contributed by atoms with Crippen LogP contribution >= 0.6 is 23.2 Å². The standard InChI is InChI=1S/C15H13Cl2FO/c1-10-2-3-12(15(17)4-10)9-19-14-6-11(8-16)5-13(18)7-14/h2-7H,8-9H2,1H3. The van der Waals surface area contributed by atoms with Gasteiger partial charge in [0.05, 0.1) is 0 Å². The fourth-order valence-electron chi connectivity index (χ4n) is 1.71. The molecule has 4 heteroatoms. The zero-order chi connectivity index (χ0) is 13.8. The lowest BCUT2D eigenvalue weighted by molar-refractivity contribution is 0.304. The molecule has 0 spiro atoms. The maximum atomic E-state index is 13.3. The molecule has 0 fully saturated rings. The van der Waals surface area contributed by atoms with Crippen molar-refractivity contribution >= 4 is 23.2 Å². The van der Waals surface area contributed by atoms with Crippen LogP contribution in [0.2, 0.25) is 5.02 Å². The molecule has 0 aromatic heterocycles. The molecule has 0 unspecified atom stereocenters. The summed E-state index contributed by atoms with van der Waals surface area (Å²) >= 11 is 11.8. The number of rotatable bonds is 4. The van der Waals surface area contributed by atoms with Crippen molar-refractivity contribution in [3.05, 3.63) is 63.9 Å². The minimum atomic E-state index is -0.358. The highest BCUT2D eigenvalue weighted by atomic mass is 35.5. The van der Waals surface area contributed by atoms with Crippen LogP contribution in [0.25, 0.3) is 0 Å². The number of hydrogen-bond donors (Lipinski definition) is 0. The van der Waals surface area contributed by atoms with Crippen molar-refractivity contribution in [2.24, 2.45) is 0 Å². The lowest BCUT2D eigenvalue weighted by Gasteiger charge is -2.09. The van der Waals surface area contributed by atoms with Crippen LogP contribution in [0.3, 0.4) is 0 Å². The van der Waals surface area contributed by atoms with E-state index >= 15 is 0 Å². The Hall–Kier alpha value is -1.25. The molecule has 0 saturated carbocycles. The van der Waals surface area contributed by atoms with E-state index < -0.39 is 0 Å². The molecule has 0 aliphatic rings. The zero-order valence-electron chi connectivity index (χ0n) is 10.4. The van der Waals surface area contributed by atoms with Crippen molar-refractivity contribution in [2.45, 2.75) is 19.4 Å². The predicted molar refractivity (Wildman–Crippen MR) is 76.5 cm³/mol. The van der Waals surface area contributed by atoms with Crippen LogP contribution < -0.4 is 4.74 Å². The number of halogens is 3. The Balaban J connectivity index is 2.12. The summed E-state index contributed by atoms with van der Waals surface area (Å²) in [6, 6.07) is 10.2. The first-order valence-electron chi connectivity index (χ1n) is 5.82. The summed E-state index contributed by atoms with van der Waals surface area (Å²) in [5.74, 6) is 0.342. The lowest BCUT2D eigenvalue weighted by atomic mass is 10.1. The minimum Gasteiger partial charge on any atom is -0.489 e. The second-order valence-electron chi connectivity index (χ2n) is 4.31. The van der Waals surface area contributed by atoms with Crippen LogP contribution in [0, 0.1) is 12.7 Å². The second-order valence-corrected chi connectivity index (χ2v) is 4.99. The quantitative estimate of drug-likeness (QED) is 0.713. The van der Waals surface area contributed by atoms with Gasteiger partial charge in [0, 0.05) is 22.5 Å². The van der Waals surface area contributed by atoms with Crippen molar-refractivity contribution in [1.82, 2.24) is 0 Å². The van der Waals surface area contributed by atoms with E-state index in [2.05, 4.69) is 0 Å². The largest absolute Gasteiger partial charge is 0.489 e. The van der Waals surface area contributed by atoms with Gasteiger partial charge in [0.1, 0.15) is 18.2 Å². The highest BCUT2D eigenvalue weighted by Gasteiger charge is 2.04. The normalized spacial score (nSPS) is 10.5. The first-order chi connectivity index (χ1) is 9.08. The summed E-state index contributed by atoms with van der Waals surface area (Å²) in [6.45, 7) is 2.26. The van der Waals surface area contributed by atoms with Gasteiger partial charge in [0.2, 0.25) is 0 Å². The van der Waals surface area contributed by atoms with Gasteiger partial charge < -0.3 is 4.74 Å². The topological polar surface area (TPSA) is 9.23 Å². The van der Waals surface area contributed by atoms with Gasteiger partial charge in [-0.15, -0.1) is 11.6 Å². The van der Waals surface area contributed by atoms with Gasteiger partial charge in [-0.1, -0.05) is 23.7 Å². The van der Waals surface area contributed by atoms with E-state index in [0.717, 1.165) is 11.1 Å². The van der Waals surface area contributed by atoms with Gasteiger partial charge in [-0.2, -0.15) is 0 Å². The first kappa shape index (κ1) is 14.2. The summed E-state index contributed by atoms with van der Waals surface area (Å²) in [7, 11) is 0. The Kier molecular flexibility index (Phi) is 4.67. The Morgan fingerprint density at radius 3 is 2.63 bits per heavy atom. The maximum Gasteiger partial charge on any atom is 0.127 e. The van der Waals surface area contributed by atoms with Crippen molar-refractivity contribution in [3.63, 3.8) is 0 Å². The number of alkyl halides is 1. The summed E-state index contributed by atoms with van der Waals surface area (Å²) in [5, 5.41) is 0.647. The van der Waals surface area contributed by atoms with Crippen LogP contribution in [-0.2, 0) is 12.5 Å². The number of ether oxygens (including phenoxy) is 1. The number of aryl methyl sites for hydroxylation is 1. The second kappa shape index (κ2) is 6.27. The molecule has 0 atom stereocenters. The molecular weight excluding hydrogens is 286 g/mol. The molecule has 0 aliphatic carbocycles. The number of benzene rings is 2. The van der Waals surface area contributed by atoms with Crippen LogP contribution in [0.1, 0.15) is 16.7 Å². The third kappa shape index (κ3) is 3.85. The molecule has 100 valence electrons. The summed E-state index contributed by atoms with van der Waals surface area (Å²) in [4.78, 5) is 0. The van der Waals surface area contributed by atoms with E-state index in [0.29, 0.717) is 22.9 Å². The SMILES string of the molecule is Cc1ccc(COc2cc(F)cc(CCl)c2)c(Cl)c1. The first-order valence-corrected chi connectivity index (χ1v) is 6.73. The molecule has 0 saturated heterocycles. The van der Waals surface area contributed by atoms with Gasteiger partial charge in [-0.25, -0.2) is 4.39 Å². The zero-order valence-corrected chi connectivity index (χ0v) is 11.9. The number of hydrogen-bond acceptors (Lipinski definition) is 1. The molecule has 0 bridgehead atoms. The average Bonchev–Trinajstić information content (AvgIpc) is 2.37. The molecular formula is C15H13Cl2FO. The maximum absolute atomic E-state index is 13.3. The molecule has 0 aliphatic heterocycles. The van der Waals surface area contributed by atoms with Crippen molar-refractivity contribution in [1.29, 1.82) is 0 Å². The smallest absolute Gasteiger partial charge is 0.127 e.